The summed E-state index contributed by atoms with van der Waals surface area (Å²) in [5.41, 5.74) is 2.53. The molecule has 1 saturated heterocycles. The van der Waals surface area contributed by atoms with Gasteiger partial charge in [-0.2, -0.15) is 0 Å². The summed E-state index contributed by atoms with van der Waals surface area (Å²) >= 11 is 0. The number of furan rings is 1. The zero-order valence-electron chi connectivity index (χ0n) is 16.3. The van der Waals surface area contributed by atoms with Gasteiger partial charge < -0.3 is 19.0 Å². The Bertz CT molecular complexity index is 978. The van der Waals surface area contributed by atoms with Crippen molar-refractivity contribution in [3.63, 3.8) is 0 Å². The summed E-state index contributed by atoms with van der Waals surface area (Å²) in [5.74, 6) is -0.0928. The summed E-state index contributed by atoms with van der Waals surface area (Å²) in [6.45, 7) is 3.73. The molecule has 0 aliphatic carbocycles. The van der Waals surface area contributed by atoms with Crippen LogP contribution in [0, 0.1) is 5.82 Å². The first-order valence-corrected chi connectivity index (χ1v) is 9.63. The van der Waals surface area contributed by atoms with Crippen LogP contribution in [0.5, 0.6) is 0 Å². The molecule has 2 aromatic carbocycles. The highest BCUT2D eigenvalue weighted by Gasteiger charge is 2.18. The largest absolute Gasteiger partial charge is 0.451 e. The van der Waals surface area contributed by atoms with Crippen molar-refractivity contribution < 1.29 is 18.3 Å². The summed E-state index contributed by atoms with van der Waals surface area (Å²) in [7, 11) is 1.73. The van der Waals surface area contributed by atoms with Crippen LogP contribution >= 0.6 is 0 Å². The smallest absolute Gasteiger partial charge is 0.289 e. The first-order chi connectivity index (χ1) is 14.1. The van der Waals surface area contributed by atoms with E-state index in [0.717, 1.165) is 37.6 Å². The summed E-state index contributed by atoms with van der Waals surface area (Å²) in [5, 5.41) is 0. The van der Waals surface area contributed by atoms with E-state index in [1.54, 1.807) is 42.3 Å². The Labute approximate surface area is 169 Å². The fourth-order valence-corrected chi connectivity index (χ4v) is 3.43. The zero-order valence-corrected chi connectivity index (χ0v) is 16.3. The van der Waals surface area contributed by atoms with Crippen molar-refractivity contribution in [1.82, 2.24) is 4.90 Å². The number of nitrogens with zero attached hydrogens (tertiary/aromatic N) is 2. The molecule has 0 radical (unpaired) electrons. The molecule has 4 rings (SSSR count). The molecule has 3 aromatic rings. The van der Waals surface area contributed by atoms with Crippen LogP contribution in [0.4, 0.5) is 10.1 Å². The number of carbonyl (C=O) groups excluding carboxylic acids is 1. The summed E-state index contributed by atoms with van der Waals surface area (Å²) in [6.07, 6.45) is 0. The van der Waals surface area contributed by atoms with Gasteiger partial charge in [0.1, 0.15) is 11.6 Å². The van der Waals surface area contributed by atoms with Crippen LogP contribution in [-0.4, -0.2) is 44.2 Å². The number of hydrogen-bond donors (Lipinski definition) is 0. The molecule has 2 heterocycles. The number of ether oxygens (including phenoxy) is 1. The monoisotopic (exact) mass is 394 g/mol. The van der Waals surface area contributed by atoms with E-state index in [2.05, 4.69) is 17.0 Å². The lowest BCUT2D eigenvalue weighted by atomic mass is 10.1. The third-order valence-electron chi connectivity index (χ3n) is 5.04. The van der Waals surface area contributed by atoms with Gasteiger partial charge in [-0.05, 0) is 42.0 Å². The van der Waals surface area contributed by atoms with Crippen LogP contribution in [0.25, 0.3) is 11.3 Å². The van der Waals surface area contributed by atoms with Crippen molar-refractivity contribution in [2.24, 2.45) is 0 Å². The van der Waals surface area contributed by atoms with Crippen LogP contribution < -0.4 is 4.90 Å². The number of rotatable bonds is 5. The number of carbonyl (C=O) groups is 1. The summed E-state index contributed by atoms with van der Waals surface area (Å²) in [4.78, 5) is 16.6. The van der Waals surface area contributed by atoms with Crippen molar-refractivity contribution in [3.05, 3.63) is 77.8 Å². The van der Waals surface area contributed by atoms with Gasteiger partial charge >= 0.3 is 0 Å². The molecule has 0 spiro atoms. The number of benzene rings is 2. The zero-order chi connectivity index (χ0) is 20.2. The summed E-state index contributed by atoms with van der Waals surface area (Å²) in [6, 6.07) is 17.8. The van der Waals surface area contributed by atoms with Gasteiger partial charge in [0.2, 0.25) is 0 Å². The lowest BCUT2D eigenvalue weighted by Crippen LogP contribution is -2.36. The van der Waals surface area contributed by atoms with Crippen LogP contribution in [-0.2, 0) is 11.3 Å². The van der Waals surface area contributed by atoms with Crippen molar-refractivity contribution in [1.29, 1.82) is 0 Å². The van der Waals surface area contributed by atoms with Crippen molar-refractivity contribution in [2.45, 2.75) is 6.54 Å². The molecule has 0 unspecified atom stereocenters. The molecule has 0 N–H and O–H groups in total. The highest BCUT2D eigenvalue weighted by Crippen LogP contribution is 2.25. The number of anilines is 1. The Morgan fingerprint density at radius 2 is 1.76 bits per heavy atom. The second kappa shape index (κ2) is 8.49. The molecule has 29 heavy (non-hydrogen) atoms. The first-order valence-electron chi connectivity index (χ1n) is 9.63. The van der Waals surface area contributed by atoms with E-state index in [9.17, 15) is 9.18 Å². The van der Waals surface area contributed by atoms with Gasteiger partial charge in [-0.15, -0.1) is 0 Å². The molecule has 5 nitrogen and oxygen atoms in total. The van der Waals surface area contributed by atoms with Crippen LogP contribution in [0.3, 0.4) is 0 Å². The number of hydrogen-bond acceptors (Lipinski definition) is 4. The van der Waals surface area contributed by atoms with Crippen LogP contribution in [0.15, 0.2) is 65.1 Å². The second-order valence-electron chi connectivity index (χ2n) is 7.07. The van der Waals surface area contributed by atoms with Crippen molar-refractivity contribution >= 4 is 11.6 Å². The standard InChI is InChI=1S/C23H23FN2O3/c1-25(16-17-6-8-18(9-7-17)26-12-14-28-15-13-26)23(27)22-11-10-21(29-22)19-4-2-3-5-20(19)24/h2-11H,12-16H2,1H3. The minimum absolute atomic E-state index is 0.190. The molecular formula is C23H23FN2O3. The molecule has 0 atom stereocenters. The van der Waals surface area contributed by atoms with Gasteiger partial charge in [-0.25, -0.2) is 4.39 Å². The minimum atomic E-state index is -0.380. The number of morpholine rings is 1. The molecule has 0 bridgehead atoms. The predicted molar refractivity (Wildman–Crippen MR) is 109 cm³/mol. The highest BCUT2D eigenvalue weighted by atomic mass is 19.1. The molecule has 6 heteroatoms. The molecule has 150 valence electrons. The molecule has 1 aliphatic heterocycles. The maximum atomic E-state index is 13.9. The average Bonchev–Trinajstić information content (AvgIpc) is 3.24. The van der Waals surface area contributed by atoms with Crippen molar-refractivity contribution in [3.8, 4) is 11.3 Å². The third-order valence-corrected chi connectivity index (χ3v) is 5.04. The first kappa shape index (κ1) is 19.2. The normalized spacial score (nSPS) is 14.1. The predicted octanol–water partition coefficient (Wildman–Crippen LogP) is 4.19. The fourth-order valence-electron chi connectivity index (χ4n) is 3.43. The molecule has 0 saturated carbocycles. The topological polar surface area (TPSA) is 45.9 Å². The Kier molecular flexibility index (Phi) is 5.62. The van der Waals surface area contributed by atoms with Gasteiger partial charge in [-0.1, -0.05) is 24.3 Å². The fraction of sp³-hybridized carbons (Fsp3) is 0.261. The maximum absolute atomic E-state index is 13.9. The highest BCUT2D eigenvalue weighted by molar-refractivity contribution is 5.92. The van der Waals surface area contributed by atoms with E-state index < -0.39 is 0 Å². The minimum Gasteiger partial charge on any atom is -0.451 e. The van der Waals surface area contributed by atoms with E-state index in [0.29, 0.717) is 17.9 Å². The van der Waals surface area contributed by atoms with Gasteiger partial charge in [0.25, 0.3) is 5.91 Å². The maximum Gasteiger partial charge on any atom is 0.289 e. The Morgan fingerprint density at radius 1 is 1.03 bits per heavy atom. The quantitative estimate of drug-likeness (QED) is 0.651. The second-order valence-corrected chi connectivity index (χ2v) is 7.07. The average molecular weight is 394 g/mol. The van der Waals surface area contributed by atoms with E-state index in [4.69, 9.17) is 9.15 Å². The Morgan fingerprint density at radius 3 is 2.48 bits per heavy atom. The molecule has 1 aromatic heterocycles. The summed E-state index contributed by atoms with van der Waals surface area (Å²) < 4.78 is 24.9. The Balaban J connectivity index is 1.41. The SMILES string of the molecule is CN(Cc1ccc(N2CCOCC2)cc1)C(=O)c1ccc(-c2ccccc2F)o1. The van der Waals surface area contributed by atoms with Crippen LogP contribution in [0.1, 0.15) is 16.1 Å². The molecule has 1 aliphatic rings. The number of halogens is 1. The lowest BCUT2D eigenvalue weighted by molar-refractivity contribution is 0.0754. The van der Waals surface area contributed by atoms with E-state index >= 15 is 0 Å². The van der Waals surface area contributed by atoms with E-state index in [-0.39, 0.29) is 17.5 Å². The lowest BCUT2D eigenvalue weighted by Gasteiger charge is -2.29. The number of amides is 1. The third kappa shape index (κ3) is 4.32. The Hall–Kier alpha value is -3.12. The van der Waals surface area contributed by atoms with Gasteiger partial charge in [0, 0.05) is 32.4 Å². The van der Waals surface area contributed by atoms with Gasteiger partial charge in [-0.3, -0.25) is 4.79 Å². The molecule has 1 fully saturated rings. The van der Waals surface area contributed by atoms with E-state index in [1.807, 2.05) is 12.1 Å². The van der Waals surface area contributed by atoms with Gasteiger partial charge in [0.15, 0.2) is 5.76 Å². The molecule has 1 amide bonds. The van der Waals surface area contributed by atoms with Gasteiger partial charge in [0.05, 0.1) is 18.8 Å². The molecular weight excluding hydrogens is 371 g/mol. The van der Waals surface area contributed by atoms with Crippen LogP contribution in [0.2, 0.25) is 0 Å². The van der Waals surface area contributed by atoms with E-state index in [1.165, 1.54) is 6.07 Å². The van der Waals surface area contributed by atoms with Crippen molar-refractivity contribution in [2.75, 3.05) is 38.3 Å².